The molecule has 0 bridgehead atoms. The Labute approximate surface area is 237 Å². The summed E-state index contributed by atoms with van der Waals surface area (Å²) in [6.07, 6.45) is 7.34. The summed E-state index contributed by atoms with van der Waals surface area (Å²) in [5.74, 6) is -1.69. The molecule has 2 aliphatic rings. The maximum atomic E-state index is 16.0. The number of benzene rings is 1. The van der Waals surface area contributed by atoms with Crippen LogP contribution in [0.15, 0.2) is 49.2 Å². The zero-order valence-corrected chi connectivity index (χ0v) is 23.7. The van der Waals surface area contributed by atoms with Gasteiger partial charge in [-0.1, -0.05) is 13.0 Å². The smallest absolute Gasteiger partial charge is 0.157 e. The van der Waals surface area contributed by atoms with E-state index in [4.69, 9.17) is 9.72 Å². The van der Waals surface area contributed by atoms with Gasteiger partial charge in [0.15, 0.2) is 15.7 Å². The summed E-state index contributed by atoms with van der Waals surface area (Å²) in [7, 11) is -3.69. The molecule has 216 valence electrons. The molecule has 6 rings (SSSR count). The van der Waals surface area contributed by atoms with Gasteiger partial charge >= 0.3 is 0 Å². The largest absolute Gasteiger partial charge is 0.377 e. The van der Waals surface area contributed by atoms with E-state index in [0.29, 0.717) is 35.2 Å². The SMILES string of the molecule is CCN1CCN(c2ccc3c(n2)c(-c2cncnc2)cn3-c2c(F)ccc(CS(=O)(=O)CC3CCCO3)c2F)CC1. The lowest BCUT2D eigenvalue weighted by atomic mass is 10.1. The number of rotatable bonds is 8. The Hall–Kier alpha value is -3.48. The number of nitrogens with zero attached hydrogens (tertiary/aromatic N) is 6. The highest BCUT2D eigenvalue weighted by Gasteiger charge is 2.27. The summed E-state index contributed by atoms with van der Waals surface area (Å²) in [5, 5.41) is 0. The standard InChI is InChI=1S/C29H32F2N6O3S/c1-2-35-9-11-36(12-10-35)26-8-7-25-28(34-26)23(21-14-32-19-33-15-21)16-37(25)29-24(30)6-5-20(27(29)31)17-41(38,39)18-22-4-3-13-40-22/h5-8,14-16,19,22H,2-4,9-13,17-18H2,1H3. The molecule has 3 aromatic heterocycles. The van der Waals surface area contributed by atoms with Crippen LogP contribution in [0.3, 0.4) is 0 Å². The van der Waals surface area contributed by atoms with Crippen molar-refractivity contribution in [3.8, 4) is 16.8 Å². The van der Waals surface area contributed by atoms with Gasteiger partial charge in [-0.2, -0.15) is 0 Å². The molecular weight excluding hydrogens is 550 g/mol. The predicted octanol–water partition coefficient (Wildman–Crippen LogP) is 4.00. The highest BCUT2D eigenvalue weighted by atomic mass is 32.2. The molecule has 0 aliphatic carbocycles. The average Bonchev–Trinajstić information content (AvgIpc) is 3.62. The molecule has 0 amide bonds. The molecule has 2 fully saturated rings. The van der Waals surface area contributed by atoms with Crippen molar-refractivity contribution in [3.05, 3.63) is 66.4 Å². The van der Waals surface area contributed by atoms with E-state index in [9.17, 15) is 8.42 Å². The minimum Gasteiger partial charge on any atom is -0.377 e. The Morgan fingerprint density at radius 3 is 2.54 bits per heavy atom. The van der Waals surface area contributed by atoms with E-state index in [1.54, 1.807) is 24.7 Å². The predicted molar refractivity (Wildman–Crippen MR) is 153 cm³/mol. The first-order valence-electron chi connectivity index (χ1n) is 13.9. The highest BCUT2D eigenvalue weighted by Crippen LogP contribution is 2.35. The molecule has 0 saturated carbocycles. The quantitative estimate of drug-likeness (QED) is 0.308. The third-order valence-corrected chi connectivity index (χ3v) is 9.50. The molecule has 0 N–H and O–H groups in total. The van der Waals surface area contributed by atoms with Crippen molar-refractivity contribution in [2.24, 2.45) is 0 Å². The molecule has 0 radical (unpaired) electrons. The van der Waals surface area contributed by atoms with Gasteiger partial charge in [-0.25, -0.2) is 32.2 Å². The summed E-state index contributed by atoms with van der Waals surface area (Å²) in [4.78, 5) is 17.8. The zero-order valence-electron chi connectivity index (χ0n) is 22.8. The normalized spacial score (nSPS) is 18.4. The van der Waals surface area contributed by atoms with E-state index in [1.807, 2.05) is 6.07 Å². The molecule has 5 heterocycles. The molecule has 4 aromatic rings. The molecule has 1 atom stereocenters. The number of fused-ring (bicyclic) bond motifs is 1. The fourth-order valence-corrected chi connectivity index (χ4v) is 7.31. The monoisotopic (exact) mass is 582 g/mol. The second kappa shape index (κ2) is 11.4. The Bertz CT molecular complexity index is 1650. The van der Waals surface area contributed by atoms with E-state index >= 15 is 8.78 Å². The number of halogens is 2. The van der Waals surface area contributed by atoms with Crippen molar-refractivity contribution in [2.75, 3.05) is 50.0 Å². The minimum atomic E-state index is -3.69. The number of piperazine rings is 1. The van der Waals surface area contributed by atoms with E-state index in [1.165, 1.54) is 17.0 Å². The van der Waals surface area contributed by atoms with Crippen molar-refractivity contribution in [1.82, 2.24) is 24.4 Å². The molecular formula is C29H32F2N6O3S. The third-order valence-electron chi connectivity index (χ3n) is 7.87. The number of ether oxygens (including phenoxy) is 1. The first kappa shape index (κ1) is 27.7. The molecule has 1 unspecified atom stereocenters. The van der Waals surface area contributed by atoms with Gasteiger partial charge in [0.05, 0.1) is 28.6 Å². The summed E-state index contributed by atoms with van der Waals surface area (Å²) < 4.78 is 64.1. The highest BCUT2D eigenvalue weighted by molar-refractivity contribution is 7.90. The van der Waals surface area contributed by atoms with E-state index in [2.05, 4.69) is 26.7 Å². The van der Waals surface area contributed by atoms with Crippen LogP contribution in [0, 0.1) is 11.6 Å². The zero-order chi connectivity index (χ0) is 28.6. The Morgan fingerprint density at radius 2 is 1.83 bits per heavy atom. The molecule has 2 saturated heterocycles. The molecule has 9 nitrogen and oxygen atoms in total. The lowest BCUT2D eigenvalue weighted by molar-refractivity contribution is 0.127. The molecule has 0 spiro atoms. The van der Waals surface area contributed by atoms with Gasteiger partial charge in [-0.3, -0.25) is 0 Å². The maximum Gasteiger partial charge on any atom is 0.157 e. The van der Waals surface area contributed by atoms with Crippen LogP contribution in [0.4, 0.5) is 14.6 Å². The van der Waals surface area contributed by atoms with Crippen molar-refractivity contribution >= 4 is 26.7 Å². The maximum absolute atomic E-state index is 16.0. The van der Waals surface area contributed by atoms with Gasteiger partial charge in [0.2, 0.25) is 0 Å². The number of hydrogen-bond acceptors (Lipinski definition) is 8. The van der Waals surface area contributed by atoms with Crippen LogP contribution in [0.5, 0.6) is 0 Å². The number of hydrogen-bond donors (Lipinski definition) is 0. The van der Waals surface area contributed by atoms with Crippen LogP contribution in [-0.2, 0) is 20.3 Å². The average molecular weight is 583 g/mol. The Balaban J connectivity index is 1.42. The first-order chi connectivity index (χ1) is 19.8. The topological polar surface area (TPSA) is 93.5 Å². The van der Waals surface area contributed by atoms with Gasteiger partial charge in [0.25, 0.3) is 0 Å². The summed E-state index contributed by atoms with van der Waals surface area (Å²) >= 11 is 0. The van der Waals surface area contributed by atoms with Gasteiger partial charge in [-0.05, 0) is 37.6 Å². The van der Waals surface area contributed by atoms with Crippen LogP contribution >= 0.6 is 0 Å². The fourth-order valence-electron chi connectivity index (χ4n) is 5.67. The van der Waals surface area contributed by atoms with Crippen molar-refractivity contribution in [1.29, 1.82) is 0 Å². The number of aromatic nitrogens is 4. The van der Waals surface area contributed by atoms with Gasteiger partial charge < -0.3 is 19.1 Å². The van der Waals surface area contributed by atoms with Gasteiger partial charge in [-0.15, -0.1) is 0 Å². The van der Waals surface area contributed by atoms with Crippen molar-refractivity contribution in [3.63, 3.8) is 0 Å². The van der Waals surface area contributed by atoms with E-state index < -0.39 is 33.3 Å². The first-order valence-corrected chi connectivity index (χ1v) is 15.7. The van der Waals surface area contributed by atoms with Crippen LogP contribution in [-0.4, -0.2) is 84.0 Å². The van der Waals surface area contributed by atoms with Crippen molar-refractivity contribution < 1.29 is 21.9 Å². The minimum absolute atomic E-state index is 0.0933. The van der Waals surface area contributed by atoms with Gasteiger partial charge in [0.1, 0.15) is 23.6 Å². The number of pyridine rings is 1. The third kappa shape index (κ3) is 5.68. The van der Waals surface area contributed by atoms with Gasteiger partial charge in [0, 0.05) is 68.1 Å². The van der Waals surface area contributed by atoms with Crippen LogP contribution in [0.2, 0.25) is 0 Å². The molecule has 12 heteroatoms. The second-order valence-electron chi connectivity index (χ2n) is 10.6. The second-order valence-corrected chi connectivity index (χ2v) is 12.7. The Kier molecular flexibility index (Phi) is 7.71. The molecule has 2 aliphatic heterocycles. The summed E-state index contributed by atoms with van der Waals surface area (Å²) in [5.41, 5.74) is 1.85. The Morgan fingerprint density at radius 1 is 1.05 bits per heavy atom. The van der Waals surface area contributed by atoms with Crippen LogP contribution in [0.1, 0.15) is 25.3 Å². The lowest BCUT2D eigenvalue weighted by Crippen LogP contribution is -2.46. The van der Waals surface area contributed by atoms with Crippen LogP contribution in [0.25, 0.3) is 27.8 Å². The number of anilines is 1. The van der Waals surface area contributed by atoms with Crippen LogP contribution < -0.4 is 4.90 Å². The summed E-state index contributed by atoms with van der Waals surface area (Å²) in [6.45, 7) is 7.16. The number of likely N-dealkylation sites (N-methyl/N-ethyl adjacent to an activating group) is 1. The lowest BCUT2D eigenvalue weighted by Gasteiger charge is -2.34. The molecule has 41 heavy (non-hydrogen) atoms. The van der Waals surface area contributed by atoms with E-state index in [0.717, 1.165) is 51.0 Å². The fraction of sp³-hybridized carbons (Fsp3) is 0.414. The number of sulfone groups is 1. The summed E-state index contributed by atoms with van der Waals surface area (Å²) in [6, 6.07) is 5.97. The van der Waals surface area contributed by atoms with Crippen molar-refractivity contribution in [2.45, 2.75) is 31.6 Å². The molecule has 1 aromatic carbocycles. The van der Waals surface area contributed by atoms with E-state index in [-0.39, 0.29) is 17.0 Å².